The van der Waals surface area contributed by atoms with Crippen molar-refractivity contribution in [3.05, 3.63) is 89.0 Å². The normalized spacial score (nSPS) is 12.0. The summed E-state index contributed by atoms with van der Waals surface area (Å²) in [6, 6.07) is 17.9. The van der Waals surface area contributed by atoms with Gasteiger partial charge in [0.1, 0.15) is 11.6 Å². The molecule has 164 valence electrons. The molecule has 0 bridgehead atoms. The highest BCUT2D eigenvalue weighted by Crippen LogP contribution is 2.25. The number of aromatic amines is 1. The number of carbonyl (C=O) groups is 1. The summed E-state index contributed by atoms with van der Waals surface area (Å²) in [5, 5.41) is 4.39. The molecule has 0 unspecified atom stereocenters. The fourth-order valence-electron chi connectivity index (χ4n) is 3.98. The molecule has 0 spiro atoms. The molecule has 2 aromatic carbocycles. The molecule has 0 aliphatic carbocycles. The Kier molecular flexibility index (Phi) is 6.21. The van der Waals surface area contributed by atoms with E-state index in [9.17, 15) is 4.79 Å². The summed E-state index contributed by atoms with van der Waals surface area (Å²) in [6.07, 6.45) is 2.98. The molecule has 0 radical (unpaired) electrons. The van der Waals surface area contributed by atoms with Crippen LogP contribution in [-0.2, 0) is 17.6 Å². The van der Waals surface area contributed by atoms with Gasteiger partial charge in [-0.1, -0.05) is 48.0 Å². The van der Waals surface area contributed by atoms with E-state index in [1.165, 1.54) is 0 Å². The number of carbonyl (C=O) groups excluding carboxylic acids is 1. The molecule has 32 heavy (non-hydrogen) atoms. The number of aryl methyl sites for hydroxylation is 2. The van der Waals surface area contributed by atoms with Gasteiger partial charge >= 0.3 is 0 Å². The van der Waals surface area contributed by atoms with Gasteiger partial charge in [0.15, 0.2) is 0 Å². The molecular formula is C26H29N5O. The second kappa shape index (κ2) is 9.22. The van der Waals surface area contributed by atoms with E-state index in [-0.39, 0.29) is 11.9 Å². The summed E-state index contributed by atoms with van der Waals surface area (Å²) >= 11 is 0. The van der Waals surface area contributed by atoms with Crippen LogP contribution < -0.4 is 10.2 Å². The molecule has 2 N–H and O–H groups in total. The molecule has 1 atom stereocenters. The lowest BCUT2D eigenvalue weighted by Crippen LogP contribution is -2.32. The molecule has 0 saturated carbocycles. The molecule has 2 heterocycles. The Hall–Kier alpha value is -3.67. The van der Waals surface area contributed by atoms with Crippen LogP contribution in [0.4, 0.5) is 5.82 Å². The molecule has 6 heteroatoms. The summed E-state index contributed by atoms with van der Waals surface area (Å²) in [5.41, 5.74) is 5.18. The zero-order valence-corrected chi connectivity index (χ0v) is 19.0. The Morgan fingerprint density at radius 2 is 1.88 bits per heavy atom. The van der Waals surface area contributed by atoms with Crippen LogP contribution in [0.1, 0.15) is 34.3 Å². The van der Waals surface area contributed by atoms with Gasteiger partial charge in [-0.05, 0) is 31.0 Å². The van der Waals surface area contributed by atoms with Crippen molar-refractivity contribution in [2.75, 3.05) is 19.0 Å². The SMILES string of the molecule is Cc1cccc(CC(=O)N[C@H](Cc2c[nH]c3ccccc23)c2cc(N(C)C)nc(C)n2)c1. The number of nitrogens with one attached hydrogen (secondary N) is 2. The van der Waals surface area contributed by atoms with Gasteiger partial charge < -0.3 is 15.2 Å². The molecule has 0 saturated heterocycles. The number of nitrogens with zero attached hydrogens (tertiary/aromatic N) is 3. The van der Waals surface area contributed by atoms with Crippen LogP contribution in [-0.4, -0.2) is 35.0 Å². The van der Waals surface area contributed by atoms with Crippen molar-refractivity contribution < 1.29 is 4.79 Å². The van der Waals surface area contributed by atoms with Gasteiger partial charge in [0.25, 0.3) is 0 Å². The summed E-state index contributed by atoms with van der Waals surface area (Å²) in [4.78, 5) is 27.5. The van der Waals surface area contributed by atoms with E-state index < -0.39 is 0 Å². The zero-order chi connectivity index (χ0) is 22.7. The Morgan fingerprint density at radius 1 is 1.06 bits per heavy atom. The maximum absolute atomic E-state index is 13.0. The fourth-order valence-corrected chi connectivity index (χ4v) is 3.98. The van der Waals surface area contributed by atoms with Gasteiger partial charge in [0.05, 0.1) is 18.2 Å². The number of H-pyrrole nitrogens is 1. The van der Waals surface area contributed by atoms with Crippen LogP contribution >= 0.6 is 0 Å². The first kappa shape index (κ1) is 21.6. The lowest BCUT2D eigenvalue weighted by molar-refractivity contribution is -0.121. The molecule has 2 aromatic heterocycles. The Bertz CT molecular complexity index is 1240. The largest absolute Gasteiger partial charge is 0.363 e. The van der Waals surface area contributed by atoms with Gasteiger partial charge in [-0.15, -0.1) is 0 Å². The second-order valence-corrected chi connectivity index (χ2v) is 8.44. The third-order valence-electron chi connectivity index (χ3n) is 5.54. The lowest BCUT2D eigenvalue weighted by atomic mass is 10.0. The molecule has 0 aliphatic rings. The number of amides is 1. The van der Waals surface area contributed by atoms with Gasteiger partial charge in [-0.25, -0.2) is 9.97 Å². The van der Waals surface area contributed by atoms with Gasteiger partial charge in [-0.2, -0.15) is 0 Å². The summed E-state index contributed by atoms with van der Waals surface area (Å²) < 4.78 is 0. The maximum atomic E-state index is 13.0. The van der Waals surface area contributed by atoms with E-state index in [1.807, 2.05) is 81.5 Å². The van der Waals surface area contributed by atoms with Crippen LogP contribution in [0.2, 0.25) is 0 Å². The van der Waals surface area contributed by atoms with Crippen LogP contribution in [0.25, 0.3) is 10.9 Å². The van der Waals surface area contributed by atoms with E-state index in [0.717, 1.165) is 39.1 Å². The number of hydrogen-bond donors (Lipinski definition) is 2. The predicted octanol–water partition coefficient (Wildman–Crippen LogP) is 4.28. The molecule has 4 rings (SSSR count). The van der Waals surface area contributed by atoms with Gasteiger partial charge in [0, 0.05) is 43.7 Å². The second-order valence-electron chi connectivity index (χ2n) is 8.44. The van der Waals surface area contributed by atoms with Crippen molar-refractivity contribution in [1.82, 2.24) is 20.3 Å². The van der Waals surface area contributed by atoms with Crippen LogP contribution in [0, 0.1) is 13.8 Å². The molecule has 0 fully saturated rings. The third kappa shape index (κ3) is 4.97. The summed E-state index contributed by atoms with van der Waals surface area (Å²) in [6.45, 7) is 3.92. The number of rotatable bonds is 7. The predicted molar refractivity (Wildman–Crippen MR) is 129 cm³/mol. The first-order chi connectivity index (χ1) is 15.4. The average molecular weight is 428 g/mol. The Balaban J connectivity index is 1.65. The topological polar surface area (TPSA) is 73.9 Å². The van der Waals surface area contributed by atoms with Crippen LogP contribution in [0.15, 0.2) is 60.8 Å². The van der Waals surface area contributed by atoms with Crippen molar-refractivity contribution in [2.24, 2.45) is 0 Å². The van der Waals surface area contributed by atoms with E-state index >= 15 is 0 Å². The third-order valence-corrected chi connectivity index (χ3v) is 5.54. The smallest absolute Gasteiger partial charge is 0.224 e. The van der Waals surface area contributed by atoms with E-state index in [2.05, 4.69) is 32.4 Å². The highest BCUT2D eigenvalue weighted by Gasteiger charge is 2.20. The summed E-state index contributed by atoms with van der Waals surface area (Å²) in [7, 11) is 3.91. The highest BCUT2D eigenvalue weighted by molar-refractivity contribution is 5.83. The summed E-state index contributed by atoms with van der Waals surface area (Å²) in [5.74, 6) is 1.48. The number of hydrogen-bond acceptors (Lipinski definition) is 4. The Morgan fingerprint density at radius 3 is 2.66 bits per heavy atom. The van der Waals surface area contributed by atoms with Crippen molar-refractivity contribution in [3.8, 4) is 0 Å². The van der Waals surface area contributed by atoms with Crippen molar-refractivity contribution in [3.63, 3.8) is 0 Å². The first-order valence-electron chi connectivity index (χ1n) is 10.8. The highest BCUT2D eigenvalue weighted by atomic mass is 16.1. The minimum atomic E-state index is -0.271. The number of benzene rings is 2. The fraction of sp³-hybridized carbons (Fsp3) is 0.269. The molecular weight excluding hydrogens is 398 g/mol. The monoisotopic (exact) mass is 427 g/mol. The molecule has 0 aliphatic heterocycles. The minimum absolute atomic E-state index is 0.0249. The molecule has 6 nitrogen and oxygen atoms in total. The van der Waals surface area contributed by atoms with Crippen LogP contribution in [0.3, 0.4) is 0 Å². The first-order valence-corrected chi connectivity index (χ1v) is 10.8. The van der Waals surface area contributed by atoms with Crippen molar-refractivity contribution in [1.29, 1.82) is 0 Å². The number of aromatic nitrogens is 3. The quantitative estimate of drug-likeness (QED) is 0.462. The van der Waals surface area contributed by atoms with E-state index in [0.29, 0.717) is 18.7 Å². The van der Waals surface area contributed by atoms with E-state index in [1.54, 1.807) is 0 Å². The molecule has 4 aromatic rings. The van der Waals surface area contributed by atoms with E-state index in [4.69, 9.17) is 0 Å². The standard InChI is InChI=1S/C26H29N5O/c1-17-8-7-9-19(12-17)13-26(32)30-23(24-15-25(31(3)4)29-18(2)28-24)14-20-16-27-22-11-6-5-10-21(20)22/h5-12,15-16,23,27H,13-14H2,1-4H3,(H,30,32)/t23-/m1/s1. The number of anilines is 1. The zero-order valence-electron chi connectivity index (χ0n) is 19.0. The maximum Gasteiger partial charge on any atom is 0.224 e. The molecule has 1 amide bonds. The van der Waals surface area contributed by atoms with Gasteiger partial charge in [0.2, 0.25) is 5.91 Å². The minimum Gasteiger partial charge on any atom is -0.363 e. The van der Waals surface area contributed by atoms with Gasteiger partial charge in [-0.3, -0.25) is 4.79 Å². The van der Waals surface area contributed by atoms with Crippen LogP contribution in [0.5, 0.6) is 0 Å². The lowest BCUT2D eigenvalue weighted by Gasteiger charge is -2.21. The average Bonchev–Trinajstić information content (AvgIpc) is 3.16. The van der Waals surface area contributed by atoms with Crippen molar-refractivity contribution >= 4 is 22.6 Å². The number of fused-ring (bicyclic) bond motifs is 1. The number of para-hydroxylation sites is 1. The Labute approximate surface area is 188 Å². The van der Waals surface area contributed by atoms with Crippen molar-refractivity contribution in [2.45, 2.75) is 32.7 Å².